The molecule has 0 saturated heterocycles. The lowest BCUT2D eigenvalue weighted by Crippen LogP contribution is -2.23. The number of amides is 1. The topological polar surface area (TPSA) is 93.3 Å². The van der Waals surface area contributed by atoms with E-state index >= 15 is 0 Å². The molecular weight excluding hydrogens is 438 g/mol. The highest BCUT2D eigenvalue weighted by Gasteiger charge is 2.10. The van der Waals surface area contributed by atoms with Gasteiger partial charge in [-0.1, -0.05) is 28.9 Å². The number of nitrogens with zero attached hydrogens (tertiary/aromatic N) is 4. The smallest absolute Gasteiger partial charge is 0.251 e. The Morgan fingerprint density at radius 3 is 2.82 bits per heavy atom. The van der Waals surface area contributed by atoms with Crippen LogP contribution in [0.4, 0.5) is 5.82 Å². The van der Waals surface area contributed by atoms with Crippen LogP contribution in [0.2, 0.25) is 5.02 Å². The lowest BCUT2D eigenvalue weighted by Gasteiger charge is -2.08. The molecule has 0 atom stereocenters. The minimum Gasteiger partial charge on any atom is -0.354 e. The number of pyridine rings is 2. The standard InChI is InChI=1S/C25H18ClN5O2/c1-27-24-21-4-2-16(10-23(21)33-31-24)13-30-25(32)17-6-7-28-20(12-17)9-15-3-5-22-18(8-15)11-19(26)14-29-22/h2-8,10-12,14H,1,9,13H2,(H,30,32). The molecule has 0 saturated carbocycles. The van der Waals surface area contributed by atoms with E-state index in [0.29, 0.717) is 35.0 Å². The van der Waals surface area contributed by atoms with Gasteiger partial charge in [0.15, 0.2) is 5.58 Å². The third-order valence-electron chi connectivity index (χ3n) is 5.30. The van der Waals surface area contributed by atoms with Crippen molar-refractivity contribution in [3.8, 4) is 0 Å². The highest BCUT2D eigenvalue weighted by molar-refractivity contribution is 6.31. The van der Waals surface area contributed by atoms with Gasteiger partial charge in [-0.3, -0.25) is 14.8 Å². The minimum atomic E-state index is -0.181. The molecule has 0 fully saturated rings. The maximum Gasteiger partial charge on any atom is 0.251 e. The van der Waals surface area contributed by atoms with Gasteiger partial charge < -0.3 is 9.84 Å². The largest absolute Gasteiger partial charge is 0.354 e. The normalized spacial score (nSPS) is 11.1. The van der Waals surface area contributed by atoms with Gasteiger partial charge in [-0.25, -0.2) is 4.99 Å². The summed E-state index contributed by atoms with van der Waals surface area (Å²) in [6, 6.07) is 17.0. The van der Waals surface area contributed by atoms with E-state index in [-0.39, 0.29) is 5.91 Å². The summed E-state index contributed by atoms with van der Waals surface area (Å²) in [7, 11) is 0. The molecule has 0 unspecified atom stereocenters. The quantitative estimate of drug-likeness (QED) is 0.352. The average Bonchev–Trinajstić information content (AvgIpc) is 3.25. The van der Waals surface area contributed by atoms with Gasteiger partial charge in [0.2, 0.25) is 5.82 Å². The van der Waals surface area contributed by atoms with Crippen molar-refractivity contribution in [1.29, 1.82) is 0 Å². The van der Waals surface area contributed by atoms with Crippen LogP contribution in [-0.2, 0) is 13.0 Å². The van der Waals surface area contributed by atoms with Gasteiger partial charge in [-0.2, -0.15) is 0 Å². The molecule has 8 heteroatoms. The van der Waals surface area contributed by atoms with Crippen molar-refractivity contribution in [1.82, 2.24) is 20.4 Å². The third kappa shape index (κ3) is 4.44. The Hall–Kier alpha value is -4.10. The van der Waals surface area contributed by atoms with Crippen molar-refractivity contribution in [2.45, 2.75) is 13.0 Å². The highest BCUT2D eigenvalue weighted by Crippen LogP contribution is 2.25. The molecule has 7 nitrogen and oxygen atoms in total. The molecule has 5 aromatic rings. The van der Waals surface area contributed by atoms with Gasteiger partial charge >= 0.3 is 0 Å². The van der Waals surface area contributed by atoms with Crippen molar-refractivity contribution in [3.63, 3.8) is 0 Å². The molecule has 33 heavy (non-hydrogen) atoms. The first-order chi connectivity index (χ1) is 16.1. The Labute approximate surface area is 194 Å². The van der Waals surface area contributed by atoms with Crippen molar-refractivity contribution >= 4 is 51.9 Å². The second kappa shape index (κ2) is 8.80. The molecule has 0 aliphatic rings. The van der Waals surface area contributed by atoms with Crippen LogP contribution < -0.4 is 5.32 Å². The fraction of sp³-hybridized carbons (Fsp3) is 0.0800. The van der Waals surface area contributed by atoms with Gasteiger partial charge in [-0.05, 0) is 60.3 Å². The first-order valence-corrected chi connectivity index (χ1v) is 10.6. The van der Waals surface area contributed by atoms with E-state index in [1.54, 1.807) is 24.5 Å². The first-order valence-electron chi connectivity index (χ1n) is 10.2. The van der Waals surface area contributed by atoms with Crippen LogP contribution in [-0.4, -0.2) is 27.7 Å². The molecule has 0 aliphatic heterocycles. The Kier molecular flexibility index (Phi) is 5.54. The second-order valence-electron chi connectivity index (χ2n) is 7.57. The molecule has 0 spiro atoms. The van der Waals surface area contributed by atoms with E-state index in [1.165, 1.54) is 0 Å². The van der Waals surface area contributed by atoms with Crippen LogP contribution in [0, 0.1) is 0 Å². The average molecular weight is 456 g/mol. The van der Waals surface area contributed by atoms with Crippen molar-refractivity contribution in [2.75, 3.05) is 0 Å². The number of rotatable bonds is 6. The van der Waals surface area contributed by atoms with Gasteiger partial charge in [0.25, 0.3) is 5.91 Å². The minimum absolute atomic E-state index is 0.181. The second-order valence-corrected chi connectivity index (χ2v) is 8.01. The summed E-state index contributed by atoms with van der Waals surface area (Å²) < 4.78 is 5.26. The number of hydrogen-bond donors (Lipinski definition) is 1. The van der Waals surface area contributed by atoms with E-state index in [2.05, 4.69) is 32.2 Å². The number of benzene rings is 2. The summed E-state index contributed by atoms with van der Waals surface area (Å²) in [5, 5.41) is 9.13. The van der Waals surface area contributed by atoms with Crippen LogP contribution in [0.15, 0.2) is 76.5 Å². The Morgan fingerprint density at radius 1 is 1.06 bits per heavy atom. The van der Waals surface area contributed by atoms with Crippen molar-refractivity contribution in [2.24, 2.45) is 4.99 Å². The van der Waals surface area contributed by atoms with Crippen LogP contribution in [0.25, 0.3) is 21.9 Å². The third-order valence-corrected chi connectivity index (χ3v) is 5.50. The van der Waals surface area contributed by atoms with Crippen molar-refractivity contribution in [3.05, 3.63) is 94.4 Å². The Bertz CT molecular complexity index is 1510. The van der Waals surface area contributed by atoms with Crippen LogP contribution in [0.3, 0.4) is 0 Å². The number of hydrogen-bond acceptors (Lipinski definition) is 6. The van der Waals surface area contributed by atoms with E-state index in [9.17, 15) is 4.79 Å². The van der Waals surface area contributed by atoms with Crippen LogP contribution in [0.5, 0.6) is 0 Å². The molecular formula is C25H18ClN5O2. The summed E-state index contributed by atoms with van der Waals surface area (Å²) in [6.45, 7) is 3.83. The van der Waals surface area contributed by atoms with Gasteiger partial charge in [0.1, 0.15) is 0 Å². The zero-order valence-electron chi connectivity index (χ0n) is 17.5. The summed E-state index contributed by atoms with van der Waals surface area (Å²) in [4.78, 5) is 25.3. The molecule has 2 aromatic carbocycles. The molecule has 3 heterocycles. The fourth-order valence-corrected chi connectivity index (χ4v) is 3.83. The number of aromatic nitrogens is 3. The van der Waals surface area contributed by atoms with E-state index in [1.807, 2.05) is 42.5 Å². The molecule has 0 bridgehead atoms. The Balaban J connectivity index is 1.28. The zero-order valence-corrected chi connectivity index (χ0v) is 18.2. The van der Waals surface area contributed by atoms with Gasteiger partial charge in [0.05, 0.1) is 15.9 Å². The summed E-state index contributed by atoms with van der Waals surface area (Å²) >= 11 is 6.06. The van der Waals surface area contributed by atoms with Gasteiger partial charge in [0, 0.05) is 42.0 Å². The molecule has 3 aromatic heterocycles. The SMILES string of the molecule is C=Nc1noc2cc(CNC(=O)c3ccnc(Cc4ccc5ncc(Cl)cc5c4)c3)ccc12. The van der Waals surface area contributed by atoms with E-state index in [4.69, 9.17) is 16.1 Å². The summed E-state index contributed by atoms with van der Waals surface area (Å²) in [5.74, 6) is 0.273. The molecule has 0 aliphatic carbocycles. The lowest BCUT2D eigenvalue weighted by molar-refractivity contribution is 0.0950. The summed E-state index contributed by atoms with van der Waals surface area (Å²) in [6.07, 6.45) is 3.87. The number of aliphatic imine (C=N–C) groups is 1. The maximum absolute atomic E-state index is 12.7. The van der Waals surface area contributed by atoms with Crippen LogP contribution >= 0.6 is 11.6 Å². The lowest BCUT2D eigenvalue weighted by atomic mass is 10.0. The van der Waals surface area contributed by atoms with E-state index < -0.39 is 0 Å². The van der Waals surface area contributed by atoms with E-state index in [0.717, 1.165) is 33.1 Å². The molecule has 1 amide bonds. The molecule has 0 radical (unpaired) electrons. The number of halogens is 1. The Morgan fingerprint density at radius 2 is 1.94 bits per heavy atom. The fourth-order valence-electron chi connectivity index (χ4n) is 3.67. The predicted molar refractivity (Wildman–Crippen MR) is 128 cm³/mol. The number of carbonyl (C=O) groups is 1. The first kappa shape index (κ1) is 20.8. The number of nitrogens with one attached hydrogen (secondary N) is 1. The van der Waals surface area contributed by atoms with Crippen LogP contribution in [0.1, 0.15) is 27.2 Å². The molecule has 162 valence electrons. The number of carbonyl (C=O) groups excluding carboxylic acids is 1. The van der Waals surface area contributed by atoms with Crippen molar-refractivity contribution < 1.29 is 9.32 Å². The number of fused-ring (bicyclic) bond motifs is 2. The summed E-state index contributed by atoms with van der Waals surface area (Å²) in [5.41, 5.74) is 4.77. The maximum atomic E-state index is 12.7. The zero-order chi connectivity index (χ0) is 22.8. The molecule has 1 N–H and O–H groups in total. The molecule has 5 rings (SSSR count). The monoisotopic (exact) mass is 455 g/mol. The predicted octanol–water partition coefficient (Wildman–Crippen LogP) is 5.28. The van der Waals surface area contributed by atoms with Gasteiger partial charge in [-0.15, -0.1) is 0 Å². The highest BCUT2D eigenvalue weighted by atomic mass is 35.5.